The zero-order valence-corrected chi connectivity index (χ0v) is 11.6. The van der Waals surface area contributed by atoms with Crippen LogP contribution < -0.4 is 7.38 Å². The molecule has 0 atom stereocenters. The van der Waals surface area contributed by atoms with Crippen LogP contribution in [-0.4, -0.2) is 39.0 Å². The van der Waals surface area contributed by atoms with Gasteiger partial charge >= 0.3 is 118 Å². The number of hydrogen-bond acceptors (Lipinski definition) is 1. The van der Waals surface area contributed by atoms with E-state index in [2.05, 4.69) is 0 Å². The van der Waals surface area contributed by atoms with Crippen LogP contribution >= 0.6 is 0 Å². The van der Waals surface area contributed by atoms with E-state index >= 15 is 0 Å². The van der Waals surface area contributed by atoms with Gasteiger partial charge in [-0.1, -0.05) is 0 Å². The third kappa shape index (κ3) is 2.94. The van der Waals surface area contributed by atoms with Crippen LogP contribution in [0.5, 0.6) is 0 Å². The summed E-state index contributed by atoms with van der Waals surface area (Å²) in [5.74, 6) is -0.855. The molecule has 0 amide bonds. The summed E-state index contributed by atoms with van der Waals surface area (Å²) < 4.78 is 2.70. The maximum atomic E-state index is 11.2. The van der Waals surface area contributed by atoms with Crippen molar-refractivity contribution >= 4 is 36.7 Å². The Morgan fingerprint density at radius 3 is 2.53 bits per heavy atom. The molecule has 4 heteroatoms. The Hall–Kier alpha value is -1.16. The molecule has 2 aromatic rings. The quantitative estimate of drug-likeness (QED) is 0.623. The summed E-state index contributed by atoms with van der Waals surface area (Å²) in [4.78, 5) is 11.2. The van der Waals surface area contributed by atoms with Crippen molar-refractivity contribution in [2.24, 2.45) is 0 Å². The van der Waals surface area contributed by atoms with Gasteiger partial charge < -0.3 is 0 Å². The summed E-state index contributed by atoms with van der Waals surface area (Å²) in [6, 6.07) is 13.6. The molecule has 1 heterocycles. The molecule has 17 heavy (non-hydrogen) atoms. The molecule has 0 fully saturated rings. The van der Waals surface area contributed by atoms with Crippen LogP contribution in [0.15, 0.2) is 48.7 Å². The fraction of sp³-hybridized carbons (Fsp3) is 0.0769. The van der Waals surface area contributed by atoms with Gasteiger partial charge in [-0.3, -0.25) is 0 Å². The van der Waals surface area contributed by atoms with Crippen molar-refractivity contribution < 1.29 is 14.5 Å². The Morgan fingerprint density at radius 2 is 1.88 bits per heavy atom. The van der Waals surface area contributed by atoms with Gasteiger partial charge in [-0.15, -0.1) is 0 Å². The van der Waals surface area contributed by atoms with Gasteiger partial charge in [-0.2, -0.15) is 0 Å². The first-order valence-electron chi connectivity index (χ1n) is 5.45. The Bertz CT molecular complexity index is 540. The van der Waals surface area contributed by atoms with Gasteiger partial charge in [-0.05, 0) is 0 Å². The van der Waals surface area contributed by atoms with Crippen molar-refractivity contribution in [1.82, 2.24) is 0 Å². The number of hydrogen-bond donors (Lipinski definition) is 1. The molecule has 0 aliphatic heterocycles. The molecule has 0 saturated carbocycles. The number of carboxylic acids is 1. The van der Waals surface area contributed by atoms with E-state index in [0.717, 1.165) is 36.3 Å². The van der Waals surface area contributed by atoms with Crippen molar-refractivity contribution in [2.75, 3.05) is 0 Å². The van der Waals surface area contributed by atoms with Gasteiger partial charge in [0, 0.05) is 0 Å². The zero-order chi connectivity index (χ0) is 12.3. The molecule has 1 N–H and O–H groups in total. The van der Waals surface area contributed by atoms with Gasteiger partial charge in [-0.25, -0.2) is 0 Å². The van der Waals surface area contributed by atoms with E-state index in [9.17, 15) is 9.90 Å². The molecular formula is C13H11NNaO2+. The Labute approximate surface area is 117 Å². The standard InChI is InChI=1S/C13H10NO2.Na/c15-13(16)12-8-4-5-9-14(12)10-11-6-2-1-3-7-11;/h1-7,9H,10H2;/p+1. The Morgan fingerprint density at radius 1 is 1.18 bits per heavy atom. The van der Waals surface area contributed by atoms with E-state index in [4.69, 9.17) is 0 Å². The molecule has 80 valence electrons. The van der Waals surface area contributed by atoms with Crippen molar-refractivity contribution in [1.29, 1.82) is 0 Å². The minimum atomic E-state index is -0.855. The topological polar surface area (TPSA) is 41.2 Å². The zero-order valence-electron chi connectivity index (χ0n) is 9.63. The molecule has 0 radical (unpaired) electrons. The number of nitrogens with zero attached hydrogens (tertiary/aromatic N) is 1. The summed E-state index contributed by atoms with van der Waals surface area (Å²) in [6.45, 7) is 0.596. The molecule has 0 aliphatic rings. The summed E-state index contributed by atoms with van der Waals surface area (Å²) in [5.41, 5.74) is 1.51. The number of carboxylic acid groups (broad SMARTS) is 1. The SMILES string of the molecule is O=C(O)c1[c]([Na])ccc[n+]1Cc1ccccc1. The van der Waals surface area contributed by atoms with E-state index in [1.165, 1.54) is 0 Å². The van der Waals surface area contributed by atoms with E-state index in [1.54, 1.807) is 4.57 Å². The molecule has 0 aliphatic carbocycles. The Kier molecular flexibility index (Phi) is 3.94. The first kappa shape index (κ1) is 12.3. The molecule has 0 bridgehead atoms. The first-order valence-corrected chi connectivity index (χ1v) is 6.45. The van der Waals surface area contributed by atoms with Crippen LogP contribution in [0.4, 0.5) is 0 Å². The molecule has 1 aromatic carbocycles. The van der Waals surface area contributed by atoms with Crippen molar-refractivity contribution in [3.05, 3.63) is 59.9 Å². The van der Waals surface area contributed by atoms with Crippen LogP contribution in [0.1, 0.15) is 16.1 Å². The normalized spacial score (nSPS) is 10.2. The average molecular weight is 236 g/mol. The summed E-state index contributed by atoms with van der Waals surface area (Å²) >= 11 is 0.737. The van der Waals surface area contributed by atoms with E-state index in [-0.39, 0.29) is 0 Å². The molecular weight excluding hydrogens is 225 g/mol. The molecule has 0 unspecified atom stereocenters. The second-order valence-corrected chi connectivity index (χ2v) is 5.04. The monoisotopic (exact) mass is 236 g/mol. The fourth-order valence-corrected chi connectivity index (χ4v) is 2.57. The molecule has 3 nitrogen and oxygen atoms in total. The molecule has 0 spiro atoms. The molecule has 0 saturated heterocycles. The fourth-order valence-electron chi connectivity index (χ4n) is 1.87. The number of rotatable bonds is 3. The van der Waals surface area contributed by atoms with Gasteiger partial charge in [0.15, 0.2) is 0 Å². The van der Waals surface area contributed by atoms with Crippen LogP contribution in [0, 0.1) is 0 Å². The minimum absolute atomic E-state index is 0.406. The van der Waals surface area contributed by atoms with E-state index < -0.39 is 5.97 Å². The number of pyridine rings is 1. The van der Waals surface area contributed by atoms with Crippen molar-refractivity contribution in [3.8, 4) is 0 Å². The van der Waals surface area contributed by atoms with Gasteiger partial charge in [0.25, 0.3) is 0 Å². The predicted molar refractivity (Wildman–Crippen MR) is 64.5 cm³/mol. The maximum absolute atomic E-state index is 11.2. The van der Waals surface area contributed by atoms with Crippen LogP contribution in [0.2, 0.25) is 0 Å². The van der Waals surface area contributed by atoms with Gasteiger partial charge in [0.05, 0.1) is 0 Å². The third-order valence-corrected chi connectivity index (χ3v) is 3.48. The van der Waals surface area contributed by atoms with Crippen LogP contribution in [0.3, 0.4) is 0 Å². The third-order valence-electron chi connectivity index (χ3n) is 2.67. The van der Waals surface area contributed by atoms with E-state index in [1.807, 2.05) is 48.7 Å². The van der Waals surface area contributed by atoms with Crippen molar-refractivity contribution in [3.63, 3.8) is 0 Å². The average Bonchev–Trinajstić information content (AvgIpc) is 2.30. The number of carbonyl (C=O) groups is 1. The van der Waals surface area contributed by atoms with Crippen LogP contribution in [-0.2, 0) is 6.54 Å². The second-order valence-electron chi connectivity index (χ2n) is 3.96. The first-order chi connectivity index (χ1) is 8.18. The van der Waals surface area contributed by atoms with Crippen LogP contribution in [0.25, 0.3) is 0 Å². The number of benzene rings is 1. The summed E-state index contributed by atoms with van der Waals surface area (Å²) in [6.07, 6.45) is 1.82. The second kappa shape index (κ2) is 5.45. The summed E-state index contributed by atoms with van der Waals surface area (Å²) in [7, 11) is 0. The van der Waals surface area contributed by atoms with Crippen molar-refractivity contribution in [2.45, 2.75) is 6.54 Å². The van der Waals surface area contributed by atoms with Gasteiger partial charge in [0.2, 0.25) is 0 Å². The van der Waals surface area contributed by atoms with E-state index in [0.29, 0.717) is 12.2 Å². The Balaban J connectivity index is 2.40. The molecule has 1 aromatic heterocycles. The number of aromatic nitrogens is 1. The molecule has 2 rings (SSSR count). The summed E-state index contributed by atoms with van der Waals surface area (Å²) in [5, 5.41) is 9.23. The predicted octanol–water partition coefficient (Wildman–Crippen LogP) is 0.514. The van der Waals surface area contributed by atoms with Gasteiger partial charge in [0.1, 0.15) is 0 Å². The number of aromatic carboxylic acids is 1.